The Hall–Kier alpha value is -2.20. The number of hydrogen-bond donors (Lipinski definition) is 1. The van der Waals surface area contributed by atoms with E-state index in [1.807, 2.05) is 30.3 Å². The van der Waals surface area contributed by atoms with Crippen LogP contribution in [0.1, 0.15) is 16.8 Å². The second-order valence-electron chi connectivity index (χ2n) is 4.36. The average Bonchev–Trinajstić information content (AvgIpc) is 2.50. The van der Waals surface area contributed by atoms with Crippen molar-refractivity contribution in [3.05, 3.63) is 59.1 Å². The van der Waals surface area contributed by atoms with Crippen molar-refractivity contribution in [3.8, 4) is 5.75 Å². The first-order valence-corrected chi connectivity index (χ1v) is 6.95. The predicted octanol–water partition coefficient (Wildman–Crippen LogP) is 3.55. The number of para-hydroxylation sites is 1. The third-order valence-electron chi connectivity index (χ3n) is 2.78. The Balaban J connectivity index is 1.73. The summed E-state index contributed by atoms with van der Waals surface area (Å²) < 4.78 is 10.6. The van der Waals surface area contributed by atoms with Crippen molar-refractivity contribution in [1.82, 2.24) is 0 Å². The lowest BCUT2D eigenvalue weighted by Gasteiger charge is -2.08. The largest absolute Gasteiger partial charge is 0.493 e. The maximum absolute atomic E-state index is 11.8. The van der Waals surface area contributed by atoms with Gasteiger partial charge in [-0.2, -0.15) is 0 Å². The van der Waals surface area contributed by atoms with Crippen molar-refractivity contribution in [2.45, 2.75) is 6.42 Å². The number of nitrogen functional groups attached to an aromatic ring is 1. The molecular weight excluding hydrogens is 290 g/mol. The van der Waals surface area contributed by atoms with Gasteiger partial charge in [-0.3, -0.25) is 0 Å². The summed E-state index contributed by atoms with van der Waals surface area (Å²) in [5.41, 5.74) is 6.28. The summed E-state index contributed by atoms with van der Waals surface area (Å²) in [5.74, 6) is 0.315. The van der Waals surface area contributed by atoms with E-state index in [2.05, 4.69) is 0 Å². The number of carbonyl (C=O) groups is 1. The minimum Gasteiger partial charge on any atom is -0.493 e. The van der Waals surface area contributed by atoms with Crippen LogP contribution in [-0.4, -0.2) is 19.2 Å². The first-order valence-electron chi connectivity index (χ1n) is 6.57. The predicted molar refractivity (Wildman–Crippen MR) is 82.7 cm³/mol. The molecule has 2 rings (SSSR count). The summed E-state index contributed by atoms with van der Waals surface area (Å²) in [6.07, 6.45) is 0.598. The minimum absolute atomic E-state index is 0.225. The quantitative estimate of drug-likeness (QED) is 0.503. The molecule has 110 valence electrons. The van der Waals surface area contributed by atoms with Crippen LogP contribution in [0.15, 0.2) is 48.5 Å². The molecule has 0 bridgehead atoms. The van der Waals surface area contributed by atoms with E-state index < -0.39 is 5.97 Å². The first-order chi connectivity index (χ1) is 10.2. The van der Waals surface area contributed by atoms with E-state index in [1.165, 1.54) is 0 Å². The van der Waals surface area contributed by atoms with Crippen LogP contribution in [0.4, 0.5) is 5.69 Å². The van der Waals surface area contributed by atoms with Crippen molar-refractivity contribution in [1.29, 1.82) is 0 Å². The summed E-state index contributed by atoms with van der Waals surface area (Å²) in [6, 6.07) is 14.3. The van der Waals surface area contributed by atoms with Crippen LogP contribution in [0.2, 0.25) is 5.02 Å². The third kappa shape index (κ3) is 4.39. The molecule has 0 saturated heterocycles. The molecule has 0 unspecified atom stereocenters. The van der Waals surface area contributed by atoms with Gasteiger partial charge in [0.25, 0.3) is 0 Å². The van der Waals surface area contributed by atoms with E-state index in [0.29, 0.717) is 18.7 Å². The van der Waals surface area contributed by atoms with Crippen molar-refractivity contribution < 1.29 is 14.3 Å². The highest BCUT2D eigenvalue weighted by Crippen LogP contribution is 2.23. The van der Waals surface area contributed by atoms with Crippen molar-refractivity contribution in [2.75, 3.05) is 18.9 Å². The summed E-state index contributed by atoms with van der Waals surface area (Å²) in [7, 11) is 0. The topological polar surface area (TPSA) is 61.6 Å². The standard InChI is InChI=1S/C16H16ClNO3/c17-15-13(8-4-9-14(15)18)16(19)21-11-5-10-20-12-6-2-1-3-7-12/h1-4,6-9H,5,10-11,18H2. The van der Waals surface area contributed by atoms with E-state index in [-0.39, 0.29) is 17.2 Å². The summed E-state index contributed by atoms with van der Waals surface area (Å²) >= 11 is 5.96. The number of rotatable bonds is 6. The molecule has 0 aromatic heterocycles. The number of ether oxygens (including phenoxy) is 2. The van der Waals surface area contributed by atoms with Gasteiger partial charge in [-0.25, -0.2) is 4.79 Å². The molecule has 0 saturated carbocycles. The Morgan fingerprint density at radius 1 is 1.05 bits per heavy atom. The fourth-order valence-corrected chi connectivity index (χ4v) is 1.92. The van der Waals surface area contributed by atoms with Crippen molar-refractivity contribution in [2.24, 2.45) is 0 Å². The van der Waals surface area contributed by atoms with Crippen molar-refractivity contribution >= 4 is 23.3 Å². The Labute approximate surface area is 128 Å². The molecule has 0 aliphatic carbocycles. The van der Waals surface area contributed by atoms with Crippen LogP contribution in [0.25, 0.3) is 0 Å². The fraction of sp³-hybridized carbons (Fsp3) is 0.188. The van der Waals surface area contributed by atoms with Crippen LogP contribution < -0.4 is 10.5 Å². The van der Waals surface area contributed by atoms with Gasteiger partial charge >= 0.3 is 5.97 Å². The molecule has 2 N–H and O–H groups in total. The molecule has 21 heavy (non-hydrogen) atoms. The lowest BCUT2D eigenvalue weighted by atomic mass is 10.2. The Bertz CT molecular complexity index is 602. The molecular formula is C16H16ClNO3. The van der Waals surface area contributed by atoms with Gasteiger partial charge in [-0.1, -0.05) is 35.9 Å². The molecule has 0 spiro atoms. The van der Waals surface area contributed by atoms with Gasteiger partial charge in [0.15, 0.2) is 0 Å². The highest BCUT2D eigenvalue weighted by Gasteiger charge is 2.13. The number of halogens is 1. The molecule has 0 atom stereocenters. The fourth-order valence-electron chi connectivity index (χ4n) is 1.72. The zero-order valence-corrected chi connectivity index (χ0v) is 12.2. The lowest BCUT2D eigenvalue weighted by Crippen LogP contribution is -2.10. The van der Waals surface area contributed by atoms with Gasteiger partial charge in [-0.15, -0.1) is 0 Å². The molecule has 0 aliphatic rings. The van der Waals surface area contributed by atoms with E-state index in [0.717, 1.165) is 5.75 Å². The number of carbonyl (C=O) groups excluding carboxylic acids is 1. The second kappa shape index (κ2) is 7.55. The molecule has 0 heterocycles. The Kier molecular flexibility index (Phi) is 5.46. The zero-order chi connectivity index (χ0) is 15.1. The van der Waals surface area contributed by atoms with Gasteiger partial charge < -0.3 is 15.2 Å². The minimum atomic E-state index is -0.480. The third-order valence-corrected chi connectivity index (χ3v) is 3.20. The van der Waals surface area contributed by atoms with Crippen LogP contribution >= 0.6 is 11.6 Å². The first kappa shape index (κ1) is 15.2. The van der Waals surface area contributed by atoms with E-state index in [1.54, 1.807) is 18.2 Å². The van der Waals surface area contributed by atoms with Crippen LogP contribution in [-0.2, 0) is 4.74 Å². The summed E-state index contributed by atoms with van der Waals surface area (Å²) in [5, 5.41) is 0.225. The van der Waals surface area contributed by atoms with Crippen molar-refractivity contribution in [3.63, 3.8) is 0 Å². The maximum atomic E-state index is 11.8. The SMILES string of the molecule is Nc1cccc(C(=O)OCCCOc2ccccc2)c1Cl. The molecule has 0 aliphatic heterocycles. The Morgan fingerprint density at radius 2 is 1.81 bits per heavy atom. The molecule has 4 nitrogen and oxygen atoms in total. The summed E-state index contributed by atoms with van der Waals surface area (Å²) in [4.78, 5) is 11.8. The van der Waals surface area contributed by atoms with E-state index in [9.17, 15) is 4.79 Å². The summed E-state index contributed by atoms with van der Waals surface area (Å²) in [6.45, 7) is 0.735. The molecule has 2 aromatic carbocycles. The van der Waals surface area contributed by atoms with Gasteiger partial charge in [0.05, 0.1) is 29.5 Å². The van der Waals surface area contributed by atoms with E-state index >= 15 is 0 Å². The Morgan fingerprint density at radius 3 is 2.57 bits per heavy atom. The van der Waals surface area contributed by atoms with E-state index in [4.69, 9.17) is 26.8 Å². The molecule has 0 radical (unpaired) electrons. The van der Waals surface area contributed by atoms with Gasteiger partial charge in [-0.05, 0) is 24.3 Å². The highest BCUT2D eigenvalue weighted by atomic mass is 35.5. The number of hydrogen-bond acceptors (Lipinski definition) is 4. The maximum Gasteiger partial charge on any atom is 0.339 e. The van der Waals surface area contributed by atoms with Gasteiger partial charge in [0, 0.05) is 6.42 Å². The average molecular weight is 306 g/mol. The number of anilines is 1. The van der Waals surface area contributed by atoms with Crippen LogP contribution in [0, 0.1) is 0 Å². The molecule has 0 amide bonds. The molecule has 2 aromatic rings. The molecule has 0 fully saturated rings. The monoisotopic (exact) mass is 305 g/mol. The van der Waals surface area contributed by atoms with Gasteiger partial charge in [0.1, 0.15) is 5.75 Å². The normalized spacial score (nSPS) is 10.1. The number of benzene rings is 2. The highest BCUT2D eigenvalue weighted by molar-refractivity contribution is 6.36. The van der Waals surface area contributed by atoms with Crippen LogP contribution in [0.5, 0.6) is 5.75 Å². The van der Waals surface area contributed by atoms with Gasteiger partial charge in [0.2, 0.25) is 0 Å². The van der Waals surface area contributed by atoms with Crippen LogP contribution in [0.3, 0.4) is 0 Å². The number of esters is 1. The number of nitrogens with two attached hydrogens (primary N) is 1. The molecule has 5 heteroatoms. The smallest absolute Gasteiger partial charge is 0.339 e. The second-order valence-corrected chi connectivity index (χ2v) is 4.74. The lowest BCUT2D eigenvalue weighted by molar-refractivity contribution is 0.0486. The zero-order valence-electron chi connectivity index (χ0n) is 11.4.